The zero-order valence-corrected chi connectivity index (χ0v) is 8.06. The van der Waals surface area contributed by atoms with Gasteiger partial charge in [-0.05, 0) is 6.92 Å². The lowest BCUT2D eigenvalue weighted by atomic mass is 9.82. The number of hydrogen-bond acceptors (Lipinski definition) is 6. The van der Waals surface area contributed by atoms with E-state index < -0.39 is 7.12 Å². The summed E-state index contributed by atoms with van der Waals surface area (Å²) >= 11 is 0. The van der Waals surface area contributed by atoms with Gasteiger partial charge in [0.2, 0.25) is 11.8 Å². The lowest BCUT2D eigenvalue weighted by molar-refractivity contribution is 0.390. The van der Waals surface area contributed by atoms with Gasteiger partial charge in [-0.25, -0.2) is 4.98 Å². The van der Waals surface area contributed by atoms with E-state index in [9.17, 15) is 0 Å². The van der Waals surface area contributed by atoms with Crippen LogP contribution in [-0.4, -0.2) is 40.8 Å². The summed E-state index contributed by atoms with van der Waals surface area (Å²) in [6.45, 7) is 2.59. The molecular formula is C7H12BN3O3. The Balaban J connectivity index is 2.99. The minimum Gasteiger partial charge on any atom is -0.481 e. The molecule has 1 aromatic heterocycles. The molecule has 1 heterocycles. The SMILES string of the molecule is CCNc1ncc(B(O)O)c(OC)n1. The van der Waals surface area contributed by atoms with Crippen LogP contribution in [-0.2, 0) is 0 Å². The van der Waals surface area contributed by atoms with Crippen molar-refractivity contribution in [2.75, 3.05) is 19.0 Å². The van der Waals surface area contributed by atoms with Crippen LogP contribution in [0.2, 0.25) is 0 Å². The Morgan fingerprint density at radius 3 is 2.79 bits per heavy atom. The van der Waals surface area contributed by atoms with E-state index in [1.807, 2.05) is 6.92 Å². The predicted octanol–water partition coefficient (Wildman–Crippen LogP) is -1.40. The van der Waals surface area contributed by atoms with Gasteiger partial charge in [0.15, 0.2) is 0 Å². The van der Waals surface area contributed by atoms with Gasteiger partial charge >= 0.3 is 7.12 Å². The Kier molecular flexibility index (Phi) is 3.67. The highest BCUT2D eigenvalue weighted by Crippen LogP contribution is 2.05. The molecule has 0 saturated carbocycles. The third kappa shape index (κ3) is 2.33. The predicted molar refractivity (Wildman–Crippen MR) is 52.6 cm³/mol. The summed E-state index contributed by atoms with van der Waals surface area (Å²) in [6, 6.07) is 0. The molecule has 0 radical (unpaired) electrons. The molecule has 0 aliphatic rings. The third-order valence-corrected chi connectivity index (χ3v) is 1.59. The number of anilines is 1. The smallest absolute Gasteiger partial charge is 0.481 e. The molecular weight excluding hydrogens is 185 g/mol. The number of nitrogens with zero attached hydrogens (tertiary/aromatic N) is 2. The molecule has 1 aromatic rings. The van der Waals surface area contributed by atoms with E-state index in [-0.39, 0.29) is 11.3 Å². The van der Waals surface area contributed by atoms with Gasteiger partial charge in [-0.1, -0.05) is 0 Å². The van der Waals surface area contributed by atoms with E-state index in [2.05, 4.69) is 15.3 Å². The summed E-state index contributed by atoms with van der Waals surface area (Å²) in [5.74, 6) is 0.555. The van der Waals surface area contributed by atoms with Gasteiger partial charge in [-0.2, -0.15) is 4.98 Å². The average Bonchev–Trinajstić information content (AvgIpc) is 2.17. The quantitative estimate of drug-likeness (QED) is 0.514. The van der Waals surface area contributed by atoms with Crippen LogP contribution in [0.5, 0.6) is 5.88 Å². The summed E-state index contributed by atoms with van der Waals surface area (Å²) in [6.07, 6.45) is 1.31. The highest BCUT2D eigenvalue weighted by atomic mass is 16.5. The molecule has 0 aliphatic heterocycles. The first-order chi connectivity index (χ1) is 6.69. The maximum absolute atomic E-state index is 8.93. The molecule has 0 fully saturated rings. The van der Waals surface area contributed by atoms with Crippen molar-refractivity contribution in [1.29, 1.82) is 0 Å². The average molecular weight is 197 g/mol. The zero-order chi connectivity index (χ0) is 10.6. The van der Waals surface area contributed by atoms with Gasteiger partial charge in [0.25, 0.3) is 0 Å². The second-order valence-corrected chi connectivity index (χ2v) is 2.56. The summed E-state index contributed by atoms with van der Waals surface area (Å²) in [4.78, 5) is 7.81. The summed E-state index contributed by atoms with van der Waals surface area (Å²) < 4.78 is 4.88. The van der Waals surface area contributed by atoms with Crippen LogP contribution < -0.4 is 15.5 Å². The Morgan fingerprint density at radius 1 is 1.57 bits per heavy atom. The van der Waals surface area contributed by atoms with Crippen molar-refractivity contribution in [2.45, 2.75) is 6.92 Å². The van der Waals surface area contributed by atoms with Gasteiger partial charge in [-0.15, -0.1) is 0 Å². The van der Waals surface area contributed by atoms with E-state index in [1.165, 1.54) is 13.3 Å². The topological polar surface area (TPSA) is 87.5 Å². The maximum atomic E-state index is 8.93. The lowest BCUT2D eigenvalue weighted by Crippen LogP contribution is -2.32. The van der Waals surface area contributed by atoms with Gasteiger partial charge in [0.1, 0.15) is 0 Å². The van der Waals surface area contributed by atoms with Crippen molar-refractivity contribution < 1.29 is 14.8 Å². The number of rotatable bonds is 4. The number of hydrogen-bond donors (Lipinski definition) is 3. The standard InChI is InChI=1S/C7H12BN3O3/c1-3-9-7-10-4-5(8(12)13)6(11-7)14-2/h4,12-13H,3H2,1-2H3,(H,9,10,11). The van der Waals surface area contributed by atoms with Gasteiger partial charge in [0.05, 0.1) is 12.6 Å². The highest BCUT2D eigenvalue weighted by molar-refractivity contribution is 6.59. The number of methoxy groups -OCH3 is 1. The fourth-order valence-electron chi connectivity index (χ4n) is 0.959. The molecule has 6 nitrogen and oxygen atoms in total. The van der Waals surface area contributed by atoms with Crippen molar-refractivity contribution >= 4 is 18.5 Å². The van der Waals surface area contributed by atoms with E-state index in [1.54, 1.807) is 0 Å². The number of ether oxygens (including phenoxy) is 1. The van der Waals surface area contributed by atoms with Gasteiger partial charge in [-0.3, -0.25) is 0 Å². The maximum Gasteiger partial charge on any atom is 0.495 e. The van der Waals surface area contributed by atoms with Gasteiger partial charge in [0, 0.05) is 12.7 Å². The molecule has 0 amide bonds. The van der Waals surface area contributed by atoms with Crippen LogP contribution in [0.1, 0.15) is 6.92 Å². The largest absolute Gasteiger partial charge is 0.495 e. The second kappa shape index (κ2) is 4.78. The van der Waals surface area contributed by atoms with E-state index in [0.717, 1.165) is 0 Å². The summed E-state index contributed by atoms with van der Waals surface area (Å²) in [5.41, 5.74) is 0.147. The zero-order valence-electron chi connectivity index (χ0n) is 8.06. The second-order valence-electron chi connectivity index (χ2n) is 2.56. The third-order valence-electron chi connectivity index (χ3n) is 1.59. The fraction of sp³-hybridized carbons (Fsp3) is 0.429. The Morgan fingerprint density at radius 2 is 2.29 bits per heavy atom. The minimum absolute atomic E-state index is 0.147. The van der Waals surface area contributed by atoms with Gasteiger partial charge < -0.3 is 20.1 Å². The Hall–Kier alpha value is -1.34. The normalized spacial score (nSPS) is 9.71. The summed E-state index contributed by atoms with van der Waals surface area (Å²) in [7, 11) is -0.218. The lowest BCUT2D eigenvalue weighted by Gasteiger charge is -2.07. The molecule has 3 N–H and O–H groups in total. The van der Waals surface area contributed by atoms with Crippen LogP contribution in [0.3, 0.4) is 0 Å². The molecule has 0 atom stereocenters. The number of nitrogens with one attached hydrogen (secondary N) is 1. The molecule has 7 heteroatoms. The van der Waals surface area contributed by atoms with Crippen LogP contribution in [0.15, 0.2) is 6.20 Å². The molecule has 0 aromatic carbocycles. The molecule has 1 rings (SSSR count). The van der Waals surface area contributed by atoms with E-state index in [0.29, 0.717) is 12.5 Å². The first-order valence-electron chi connectivity index (χ1n) is 4.20. The van der Waals surface area contributed by atoms with Crippen LogP contribution in [0, 0.1) is 0 Å². The molecule has 0 spiro atoms. The monoisotopic (exact) mass is 197 g/mol. The van der Waals surface area contributed by atoms with Crippen molar-refractivity contribution in [1.82, 2.24) is 9.97 Å². The van der Waals surface area contributed by atoms with Crippen molar-refractivity contribution in [3.63, 3.8) is 0 Å². The Labute approximate surface area is 82.1 Å². The molecule has 0 saturated heterocycles. The van der Waals surface area contributed by atoms with Crippen LogP contribution >= 0.6 is 0 Å². The molecule has 76 valence electrons. The molecule has 0 aliphatic carbocycles. The van der Waals surface area contributed by atoms with Crippen molar-refractivity contribution in [3.8, 4) is 5.88 Å². The number of aromatic nitrogens is 2. The summed E-state index contributed by atoms with van der Waals surface area (Å²) in [5, 5.41) is 20.7. The fourth-order valence-corrected chi connectivity index (χ4v) is 0.959. The molecule has 14 heavy (non-hydrogen) atoms. The Bertz CT molecular complexity index is 308. The van der Waals surface area contributed by atoms with Crippen molar-refractivity contribution in [2.24, 2.45) is 0 Å². The van der Waals surface area contributed by atoms with Crippen LogP contribution in [0.25, 0.3) is 0 Å². The minimum atomic E-state index is -1.62. The highest BCUT2D eigenvalue weighted by Gasteiger charge is 2.19. The molecule has 0 unspecified atom stereocenters. The molecule has 0 bridgehead atoms. The van der Waals surface area contributed by atoms with E-state index in [4.69, 9.17) is 14.8 Å². The van der Waals surface area contributed by atoms with E-state index >= 15 is 0 Å². The van der Waals surface area contributed by atoms with Crippen LogP contribution in [0.4, 0.5) is 5.95 Å². The first kappa shape index (κ1) is 10.7. The first-order valence-corrected chi connectivity index (χ1v) is 4.20. The van der Waals surface area contributed by atoms with Crippen molar-refractivity contribution in [3.05, 3.63) is 6.20 Å².